The van der Waals surface area contributed by atoms with Crippen molar-refractivity contribution in [3.63, 3.8) is 0 Å². The Morgan fingerprint density at radius 1 is 1.05 bits per heavy atom. The van der Waals surface area contributed by atoms with Gasteiger partial charge in [-0.05, 0) is 55.2 Å². The molecule has 2 unspecified atom stereocenters. The van der Waals surface area contributed by atoms with Crippen LogP contribution in [0.5, 0.6) is 0 Å². The topological polar surface area (TPSA) is 12.0 Å². The fourth-order valence-electron chi connectivity index (χ4n) is 3.70. The van der Waals surface area contributed by atoms with Crippen molar-refractivity contribution >= 4 is 5.69 Å². The van der Waals surface area contributed by atoms with Gasteiger partial charge in [-0.15, -0.1) is 0 Å². The van der Waals surface area contributed by atoms with Crippen molar-refractivity contribution in [1.29, 1.82) is 0 Å². The number of unbranched alkanes of at least 4 members (excludes halogenated alkanes) is 2. The van der Waals surface area contributed by atoms with Crippen LogP contribution < -0.4 is 5.32 Å². The number of anilines is 1. The maximum atomic E-state index is 3.81. The summed E-state index contributed by atoms with van der Waals surface area (Å²) in [5.41, 5.74) is 2.80. The highest BCUT2D eigenvalue weighted by Crippen LogP contribution is 2.32. The van der Waals surface area contributed by atoms with E-state index in [0.29, 0.717) is 6.04 Å². The number of rotatable bonds is 7. The Hall–Kier alpha value is -0.980. The second-order valence-electron chi connectivity index (χ2n) is 7.10. The van der Waals surface area contributed by atoms with Gasteiger partial charge >= 0.3 is 0 Å². The molecular weight excluding hydrogens is 254 g/mol. The third kappa shape index (κ3) is 5.05. The minimum absolute atomic E-state index is 0.671. The van der Waals surface area contributed by atoms with Gasteiger partial charge in [0.15, 0.2) is 0 Å². The Bertz CT molecular complexity index is 393. The molecule has 1 aliphatic rings. The summed E-state index contributed by atoms with van der Waals surface area (Å²) in [7, 11) is 0. The van der Waals surface area contributed by atoms with Gasteiger partial charge in [0.05, 0.1) is 0 Å². The lowest BCUT2D eigenvalue weighted by molar-refractivity contribution is 0.254. The predicted octanol–water partition coefficient (Wildman–Crippen LogP) is 6.05. The van der Waals surface area contributed by atoms with Crippen LogP contribution in [0.1, 0.15) is 71.3 Å². The van der Waals surface area contributed by atoms with Crippen molar-refractivity contribution in [3.8, 4) is 0 Å². The molecule has 0 spiro atoms. The summed E-state index contributed by atoms with van der Waals surface area (Å²) < 4.78 is 0. The SMILES string of the molecule is CCCCCc1ccc(NC2CCCCC2C(C)C)cc1. The smallest absolute Gasteiger partial charge is 0.0342 e. The molecule has 1 fully saturated rings. The van der Waals surface area contributed by atoms with E-state index in [1.165, 1.54) is 62.6 Å². The first-order valence-electron chi connectivity index (χ1n) is 9.06. The van der Waals surface area contributed by atoms with Gasteiger partial charge in [0.2, 0.25) is 0 Å². The molecule has 1 nitrogen and oxygen atoms in total. The lowest BCUT2D eigenvalue weighted by Gasteiger charge is -2.35. The molecule has 1 aliphatic carbocycles. The van der Waals surface area contributed by atoms with Crippen LogP contribution in [0.25, 0.3) is 0 Å². The Labute approximate surface area is 131 Å². The van der Waals surface area contributed by atoms with Crippen molar-refractivity contribution in [2.24, 2.45) is 11.8 Å². The Morgan fingerprint density at radius 2 is 1.76 bits per heavy atom. The van der Waals surface area contributed by atoms with Gasteiger partial charge in [-0.25, -0.2) is 0 Å². The van der Waals surface area contributed by atoms with Crippen LogP contribution in [0.15, 0.2) is 24.3 Å². The van der Waals surface area contributed by atoms with Crippen LogP contribution in [0, 0.1) is 11.8 Å². The second-order valence-corrected chi connectivity index (χ2v) is 7.10. The average Bonchev–Trinajstić information content (AvgIpc) is 2.50. The molecule has 0 heterocycles. The molecule has 0 aromatic heterocycles. The van der Waals surface area contributed by atoms with Gasteiger partial charge in [-0.1, -0.05) is 58.6 Å². The molecule has 1 heteroatoms. The summed E-state index contributed by atoms with van der Waals surface area (Å²) in [5, 5.41) is 3.81. The van der Waals surface area contributed by atoms with Gasteiger partial charge in [-0.2, -0.15) is 0 Å². The molecule has 0 amide bonds. The van der Waals surface area contributed by atoms with Crippen molar-refractivity contribution < 1.29 is 0 Å². The van der Waals surface area contributed by atoms with Crippen LogP contribution in [0.2, 0.25) is 0 Å². The molecule has 21 heavy (non-hydrogen) atoms. The van der Waals surface area contributed by atoms with E-state index < -0.39 is 0 Å². The van der Waals surface area contributed by atoms with Crippen molar-refractivity contribution in [1.82, 2.24) is 0 Å². The maximum absolute atomic E-state index is 3.81. The van der Waals surface area contributed by atoms with Crippen LogP contribution in [-0.4, -0.2) is 6.04 Å². The number of hydrogen-bond donors (Lipinski definition) is 1. The summed E-state index contributed by atoms with van der Waals surface area (Å²) in [4.78, 5) is 0. The average molecular weight is 287 g/mol. The van der Waals surface area contributed by atoms with E-state index in [-0.39, 0.29) is 0 Å². The largest absolute Gasteiger partial charge is 0.382 e. The first-order chi connectivity index (χ1) is 10.2. The van der Waals surface area contributed by atoms with E-state index in [2.05, 4.69) is 50.4 Å². The van der Waals surface area contributed by atoms with Crippen LogP contribution in [0.4, 0.5) is 5.69 Å². The van der Waals surface area contributed by atoms with Gasteiger partial charge in [0, 0.05) is 11.7 Å². The zero-order valence-corrected chi connectivity index (χ0v) is 14.2. The standard InChI is InChI=1S/C20H33N/c1-4-5-6-9-17-12-14-18(15-13-17)21-20-11-8-7-10-19(20)16(2)3/h12-16,19-21H,4-11H2,1-3H3. The maximum Gasteiger partial charge on any atom is 0.0342 e. The number of nitrogens with one attached hydrogen (secondary N) is 1. The predicted molar refractivity (Wildman–Crippen MR) is 93.9 cm³/mol. The van der Waals surface area contributed by atoms with E-state index in [4.69, 9.17) is 0 Å². The van der Waals surface area contributed by atoms with E-state index in [0.717, 1.165) is 11.8 Å². The Kier molecular flexibility index (Phi) is 6.60. The minimum atomic E-state index is 0.671. The molecule has 1 aromatic carbocycles. The molecule has 1 saturated carbocycles. The summed E-state index contributed by atoms with van der Waals surface area (Å²) >= 11 is 0. The van der Waals surface area contributed by atoms with Gasteiger partial charge in [-0.3, -0.25) is 0 Å². The molecular formula is C20H33N. The highest BCUT2D eigenvalue weighted by atomic mass is 14.9. The molecule has 2 rings (SSSR count). The Balaban J connectivity index is 1.89. The quantitative estimate of drug-likeness (QED) is 0.602. The zero-order valence-electron chi connectivity index (χ0n) is 14.2. The molecule has 1 aromatic rings. The molecule has 118 valence electrons. The first-order valence-corrected chi connectivity index (χ1v) is 9.06. The lowest BCUT2D eigenvalue weighted by Crippen LogP contribution is -2.35. The zero-order chi connectivity index (χ0) is 15.1. The molecule has 0 saturated heterocycles. The van der Waals surface area contributed by atoms with Crippen LogP contribution in [0.3, 0.4) is 0 Å². The molecule has 0 aliphatic heterocycles. The van der Waals surface area contributed by atoms with E-state index in [1.807, 2.05) is 0 Å². The normalized spacial score (nSPS) is 22.5. The van der Waals surface area contributed by atoms with Gasteiger partial charge in [0.1, 0.15) is 0 Å². The first kappa shape index (κ1) is 16.4. The minimum Gasteiger partial charge on any atom is -0.382 e. The second kappa shape index (κ2) is 8.46. The fourth-order valence-corrected chi connectivity index (χ4v) is 3.70. The highest BCUT2D eigenvalue weighted by molar-refractivity contribution is 5.45. The fraction of sp³-hybridized carbons (Fsp3) is 0.700. The van der Waals surface area contributed by atoms with E-state index >= 15 is 0 Å². The van der Waals surface area contributed by atoms with Gasteiger partial charge < -0.3 is 5.32 Å². The van der Waals surface area contributed by atoms with Crippen molar-refractivity contribution in [2.45, 2.75) is 78.2 Å². The van der Waals surface area contributed by atoms with Crippen molar-refractivity contribution in [3.05, 3.63) is 29.8 Å². The van der Waals surface area contributed by atoms with Gasteiger partial charge in [0.25, 0.3) is 0 Å². The Morgan fingerprint density at radius 3 is 2.43 bits per heavy atom. The van der Waals surface area contributed by atoms with Crippen molar-refractivity contribution in [2.75, 3.05) is 5.32 Å². The summed E-state index contributed by atoms with van der Waals surface area (Å²) in [6, 6.07) is 9.86. The van der Waals surface area contributed by atoms with E-state index in [9.17, 15) is 0 Å². The molecule has 0 radical (unpaired) electrons. The number of hydrogen-bond acceptors (Lipinski definition) is 1. The third-order valence-electron chi connectivity index (χ3n) is 5.05. The van der Waals surface area contributed by atoms with Crippen LogP contribution in [-0.2, 0) is 6.42 Å². The lowest BCUT2D eigenvalue weighted by atomic mass is 9.78. The third-order valence-corrected chi connectivity index (χ3v) is 5.05. The molecule has 1 N–H and O–H groups in total. The highest BCUT2D eigenvalue weighted by Gasteiger charge is 2.27. The van der Waals surface area contributed by atoms with Crippen LogP contribution >= 0.6 is 0 Å². The summed E-state index contributed by atoms with van der Waals surface area (Å²) in [6.07, 6.45) is 10.7. The number of aryl methyl sites for hydroxylation is 1. The molecule has 2 atom stereocenters. The monoisotopic (exact) mass is 287 g/mol. The summed E-state index contributed by atoms with van der Waals surface area (Å²) in [6.45, 7) is 7.02. The number of benzene rings is 1. The molecule has 0 bridgehead atoms. The summed E-state index contributed by atoms with van der Waals surface area (Å²) in [5.74, 6) is 1.62. The van der Waals surface area contributed by atoms with E-state index in [1.54, 1.807) is 0 Å².